The van der Waals surface area contributed by atoms with Crippen LogP contribution in [0.1, 0.15) is 51.7 Å². The number of likely N-dealkylation sites (N-methyl/N-ethyl adjacent to an activating group) is 4. The molecule has 4 amide bonds. The summed E-state index contributed by atoms with van der Waals surface area (Å²) in [7, 11) is 7.08. The number of barbiturate groups is 1. The molecule has 52 heavy (non-hydrogen) atoms. The van der Waals surface area contributed by atoms with Crippen molar-refractivity contribution in [1.82, 2.24) is 9.80 Å². The molecule has 0 spiro atoms. The Bertz CT molecular complexity index is 2270. The number of allylic oxidation sites excluding steroid dienone is 9. The highest BCUT2D eigenvalue weighted by atomic mass is 16.2. The molecule has 262 valence electrons. The van der Waals surface area contributed by atoms with Crippen molar-refractivity contribution in [3.8, 4) is 0 Å². The summed E-state index contributed by atoms with van der Waals surface area (Å²) in [5.41, 5.74) is 9.04. The van der Waals surface area contributed by atoms with E-state index in [1.54, 1.807) is 0 Å². The maximum atomic E-state index is 13.8. The number of benzene rings is 4. The van der Waals surface area contributed by atoms with E-state index in [9.17, 15) is 14.4 Å². The fourth-order valence-corrected chi connectivity index (χ4v) is 9.17. The minimum absolute atomic E-state index is 0.0398. The van der Waals surface area contributed by atoms with E-state index in [2.05, 4.69) is 149 Å². The first kappa shape index (κ1) is 33.5. The van der Waals surface area contributed by atoms with Crippen molar-refractivity contribution in [2.24, 2.45) is 0 Å². The summed E-state index contributed by atoms with van der Waals surface area (Å²) < 4.78 is 0. The smallest absolute Gasteiger partial charge is 0.333 e. The molecular weight excluding hydrogens is 645 g/mol. The summed E-state index contributed by atoms with van der Waals surface area (Å²) in [5.74, 6) is -1.15. The van der Waals surface area contributed by atoms with E-state index in [0.29, 0.717) is 18.4 Å². The van der Waals surface area contributed by atoms with E-state index in [0.717, 1.165) is 32.3 Å². The van der Waals surface area contributed by atoms with E-state index in [1.165, 1.54) is 58.1 Å². The summed E-state index contributed by atoms with van der Waals surface area (Å²) >= 11 is 0. The van der Waals surface area contributed by atoms with Crippen LogP contribution in [0.4, 0.5) is 16.2 Å². The fourth-order valence-electron chi connectivity index (χ4n) is 9.17. The maximum Gasteiger partial charge on any atom is 0.333 e. The number of anilines is 2. The predicted molar refractivity (Wildman–Crippen MR) is 210 cm³/mol. The number of rotatable bonds is 2. The number of imide groups is 2. The molecule has 1 saturated carbocycles. The number of amides is 4. The zero-order valence-corrected chi connectivity index (χ0v) is 31.2. The molecule has 3 aliphatic heterocycles. The molecule has 0 atom stereocenters. The number of carbonyl (C=O) groups is 3. The monoisotopic (exact) mass is 688 g/mol. The normalized spacial score (nSPS) is 22.8. The second kappa shape index (κ2) is 11.7. The first-order valence-corrected chi connectivity index (χ1v) is 17.9. The van der Waals surface area contributed by atoms with Gasteiger partial charge in [-0.05, 0) is 86.5 Å². The Morgan fingerprint density at radius 3 is 1.33 bits per heavy atom. The van der Waals surface area contributed by atoms with Crippen LogP contribution in [-0.2, 0) is 20.4 Å². The summed E-state index contributed by atoms with van der Waals surface area (Å²) in [6.45, 7) is 9.01. The van der Waals surface area contributed by atoms with Crippen molar-refractivity contribution in [3.05, 3.63) is 142 Å². The molecule has 0 bridgehead atoms. The molecule has 8 rings (SSSR count). The van der Waals surface area contributed by atoms with Gasteiger partial charge in [0.2, 0.25) is 0 Å². The Morgan fingerprint density at radius 1 is 0.500 bits per heavy atom. The minimum Gasteiger partial charge on any atom is -0.347 e. The molecule has 0 radical (unpaired) electrons. The number of carbonyl (C=O) groups excluding carboxylic acids is 3. The highest BCUT2D eigenvalue weighted by Gasteiger charge is 2.44. The highest BCUT2D eigenvalue weighted by Crippen LogP contribution is 2.52. The molecule has 0 unspecified atom stereocenters. The molecule has 7 nitrogen and oxygen atoms in total. The minimum atomic E-state index is -0.628. The van der Waals surface area contributed by atoms with Gasteiger partial charge in [-0.2, -0.15) is 0 Å². The molecule has 2 fully saturated rings. The van der Waals surface area contributed by atoms with E-state index in [1.807, 2.05) is 0 Å². The third kappa shape index (κ3) is 4.68. The number of fused-ring (bicyclic) bond motifs is 6. The molecule has 7 heteroatoms. The van der Waals surface area contributed by atoms with Crippen LogP contribution < -0.4 is 9.80 Å². The lowest BCUT2D eigenvalue weighted by Gasteiger charge is -2.30. The lowest BCUT2D eigenvalue weighted by atomic mass is 9.81. The lowest BCUT2D eigenvalue weighted by molar-refractivity contribution is -0.134. The van der Waals surface area contributed by atoms with Crippen molar-refractivity contribution < 1.29 is 14.4 Å². The largest absolute Gasteiger partial charge is 0.347 e. The average molecular weight is 689 g/mol. The van der Waals surface area contributed by atoms with Gasteiger partial charge < -0.3 is 9.80 Å². The van der Waals surface area contributed by atoms with Gasteiger partial charge in [0.25, 0.3) is 11.8 Å². The van der Waals surface area contributed by atoms with Gasteiger partial charge in [0.05, 0.1) is 0 Å². The maximum absolute atomic E-state index is 13.8. The molecule has 1 saturated heterocycles. The van der Waals surface area contributed by atoms with Gasteiger partial charge in [0.15, 0.2) is 0 Å². The van der Waals surface area contributed by atoms with Crippen molar-refractivity contribution >= 4 is 50.8 Å². The Labute approximate surface area is 305 Å². The second-order valence-corrected chi connectivity index (χ2v) is 15.5. The summed E-state index contributed by atoms with van der Waals surface area (Å²) in [5, 5.41) is 4.88. The first-order valence-electron chi connectivity index (χ1n) is 17.9. The number of urea groups is 1. The van der Waals surface area contributed by atoms with E-state index < -0.39 is 17.8 Å². The van der Waals surface area contributed by atoms with Crippen LogP contribution in [0.25, 0.3) is 21.5 Å². The number of nitrogens with zero attached hydrogens (tertiary/aromatic N) is 4. The van der Waals surface area contributed by atoms with Crippen molar-refractivity contribution in [3.63, 3.8) is 0 Å². The first-order chi connectivity index (χ1) is 24.7. The molecule has 0 N–H and O–H groups in total. The van der Waals surface area contributed by atoms with Crippen LogP contribution in [0.5, 0.6) is 0 Å². The number of hydrogen-bond donors (Lipinski definition) is 0. The standard InChI is InChI=1S/C45H44N4O3/c1-44(2)35(46(5)33-23-19-27-13-9-11-15-31(27)39(33)44)25-21-29-17-18-30(37(29)38-41(50)48(7)43(52)49(8)42(38)51)22-26-36-45(3,4)40-32-16-12-10-14-28(32)20-24-34(40)47(36)6/h9-16,19-26H,17-18H2,1-8H3/b29-21+,30-22+,35-25-,36-26+. The molecule has 4 aromatic carbocycles. The van der Waals surface area contributed by atoms with Gasteiger partial charge in [-0.3, -0.25) is 19.4 Å². The predicted octanol–water partition coefficient (Wildman–Crippen LogP) is 8.91. The quantitative estimate of drug-likeness (QED) is 0.156. The number of hydrogen-bond acceptors (Lipinski definition) is 5. The lowest BCUT2D eigenvalue weighted by Crippen LogP contribution is -2.53. The topological polar surface area (TPSA) is 64.2 Å². The van der Waals surface area contributed by atoms with Gasteiger partial charge in [0.1, 0.15) is 5.57 Å². The van der Waals surface area contributed by atoms with Gasteiger partial charge >= 0.3 is 6.03 Å². The molecule has 0 aromatic heterocycles. The highest BCUT2D eigenvalue weighted by molar-refractivity contribution is 6.29. The fraction of sp³-hybridized carbons (Fsp3) is 0.267. The zero-order chi connectivity index (χ0) is 36.9. The summed E-state index contributed by atoms with van der Waals surface area (Å²) in [4.78, 5) is 47.1. The summed E-state index contributed by atoms with van der Waals surface area (Å²) in [6, 6.07) is 25.1. The molecule has 1 aliphatic carbocycles. The van der Waals surface area contributed by atoms with E-state index in [-0.39, 0.29) is 16.4 Å². The Balaban J connectivity index is 1.26. The van der Waals surface area contributed by atoms with Gasteiger partial charge in [-0.25, -0.2) is 4.79 Å². The van der Waals surface area contributed by atoms with Crippen LogP contribution in [0.3, 0.4) is 0 Å². The Hall–Kier alpha value is -5.69. The van der Waals surface area contributed by atoms with Gasteiger partial charge in [0, 0.05) is 61.8 Å². The molecule has 4 aromatic rings. The van der Waals surface area contributed by atoms with Crippen molar-refractivity contribution in [1.29, 1.82) is 0 Å². The zero-order valence-electron chi connectivity index (χ0n) is 31.2. The van der Waals surface area contributed by atoms with Crippen LogP contribution >= 0.6 is 0 Å². The van der Waals surface area contributed by atoms with Crippen LogP contribution in [-0.4, -0.2) is 55.8 Å². The Kier molecular flexibility index (Phi) is 7.51. The summed E-state index contributed by atoms with van der Waals surface area (Å²) in [6.07, 6.45) is 9.79. The third-order valence-corrected chi connectivity index (χ3v) is 11.8. The van der Waals surface area contributed by atoms with E-state index in [4.69, 9.17) is 0 Å². The van der Waals surface area contributed by atoms with E-state index >= 15 is 0 Å². The molecule has 3 heterocycles. The van der Waals surface area contributed by atoms with Crippen LogP contribution in [0, 0.1) is 0 Å². The second-order valence-electron chi connectivity index (χ2n) is 15.5. The average Bonchev–Trinajstić information content (AvgIpc) is 3.68. The Morgan fingerprint density at radius 2 is 0.904 bits per heavy atom. The third-order valence-electron chi connectivity index (χ3n) is 11.8. The molecule has 4 aliphatic rings. The van der Waals surface area contributed by atoms with Crippen molar-refractivity contribution in [2.45, 2.75) is 51.4 Å². The van der Waals surface area contributed by atoms with Gasteiger partial charge in [-0.15, -0.1) is 0 Å². The SMILES string of the molecule is CN1C(=O)C(=C2/C(=C/C=C3\N(C)c4ccc5ccccc5c4C3(C)C)CC/C2=C\C=C2\N(C)c3ccc4ccccc4c3C2(C)C)C(=O)N(C)C1=O. The van der Waals surface area contributed by atoms with Crippen LogP contribution in [0.15, 0.2) is 131 Å². The van der Waals surface area contributed by atoms with Crippen LogP contribution in [0.2, 0.25) is 0 Å². The molecular formula is C45H44N4O3. The van der Waals surface area contributed by atoms with Crippen molar-refractivity contribution in [2.75, 3.05) is 38.0 Å². The van der Waals surface area contributed by atoms with Gasteiger partial charge in [-0.1, -0.05) is 101 Å².